The van der Waals surface area contributed by atoms with Crippen LogP contribution >= 0.6 is 11.8 Å². The first-order valence-corrected chi connectivity index (χ1v) is 8.91. The predicted octanol–water partition coefficient (Wildman–Crippen LogP) is 1.36. The number of piperidine rings is 1. The molecule has 0 bridgehead atoms. The molecule has 1 aromatic rings. The molecule has 0 saturated carbocycles. The van der Waals surface area contributed by atoms with Crippen LogP contribution in [0.5, 0.6) is 0 Å². The van der Waals surface area contributed by atoms with Gasteiger partial charge in [0.1, 0.15) is 0 Å². The van der Waals surface area contributed by atoms with Gasteiger partial charge in [-0.15, -0.1) is 11.8 Å². The maximum absolute atomic E-state index is 12.1. The molecule has 1 aliphatic heterocycles. The van der Waals surface area contributed by atoms with Gasteiger partial charge in [-0.3, -0.25) is 9.59 Å². The molecule has 128 valence electrons. The topological polar surface area (TPSA) is 82.8 Å². The van der Waals surface area contributed by atoms with Gasteiger partial charge in [0.2, 0.25) is 5.91 Å². The van der Waals surface area contributed by atoms with Crippen LogP contribution in [-0.2, 0) is 4.79 Å². The van der Waals surface area contributed by atoms with Gasteiger partial charge in [0, 0.05) is 25.6 Å². The van der Waals surface area contributed by atoms with Crippen molar-refractivity contribution >= 4 is 23.6 Å². The lowest BCUT2D eigenvalue weighted by Gasteiger charge is -2.36. The Morgan fingerprint density at radius 3 is 2.91 bits per heavy atom. The van der Waals surface area contributed by atoms with Crippen molar-refractivity contribution < 1.29 is 19.1 Å². The van der Waals surface area contributed by atoms with Crippen molar-refractivity contribution in [1.82, 2.24) is 10.2 Å². The average Bonchev–Trinajstić information content (AvgIpc) is 3.05. The second-order valence-corrected chi connectivity index (χ2v) is 7.57. The highest BCUT2D eigenvalue weighted by Crippen LogP contribution is 2.19. The lowest BCUT2D eigenvalue weighted by atomic mass is 9.93. The minimum Gasteiger partial charge on any atom is -0.459 e. The number of hydrogen-bond donors (Lipinski definition) is 2. The average molecular weight is 340 g/mol. The van der Waals surface area contributed by atoms with Crippen LogP contribution in [0, 0.1) is 5.92 Å². The van der Waals surface area contributed by atoms with Crippen molar-refractivity contribution in [2.45, 2.75) is 31.6 Å². The summed E-state index contributed by atoms with van der Waals surface area (Å²) in [7, 11) is 0. The Kier molecular flexibility index (Phi) is 6.53. The molecule has 0 radical (unpaired) electrons. The fourth-order valence-corrected chi connectivity index (χ4v) is 3.15. The van der Waals surface area contributed by atoms with E-state index in [9.17, 15) is 14.7 Å². The Hall–Kier alpha value is -1.47. The molecule has 23 heavy (non-hydrogen) atoms. The summed E-state index contributed by atoms with van der Waals surface area (Å²) in [6, 6.07) is 3.25. The number of carbonyl (C=O) groups excluding carboxylic acids is 2. The molecule has 0 aromatic carbocycles. The number of nitrogens with one attached hydrogen (secondary N) is 1. The minimum atomic E-state index is -0.617. The van der Waals surface area contributed by atoms with Gasteiger partial charge >= 0.3 is 0 Å². The Labute approximate surface area is 140 Å². The molecule has 2 N–H and O–H groups in total. The molecule has 0 aliphatic carbocycles. The van der Waals surface area contributed by atoms with Gasteiger partial charge in [0.05, 0.1) is 18.1 Å². The van der Waals surface area contributed by atoms with Crippen LogP contribution in [0.25, 0.3) is 0 Å². The summed E-state index contributed by atoms with van der Waals surface area (Å²) in [5.74, 6) is 0.452. The molecule has 1 aliphatic rings. The summed E-state index contributed by atoms with van der Waals surface area (Å²) in [5, 5.41) is 13.4. The van der Waals surface area contributed by atoms with Crippen molar-refractivity contribution in [3.63, 3.8) is 0 Å². The van der Waals surface area contributed by atoms with Crippen molar-refractivity contribution in [1.29, 1.82) is 0 Å². The lowest BCUT2D eigenvalue weighted by molar-refractivity contribution is -0.132. The van der Waals surface area contributed by atoms with Crippen molar-refractivity contribution in [3.05, 3.63) is 24.2 Å². The zero-order valence-corrected chi connectivity index (χ0v) is 14.3. The van der Waals surface area contributed by atoms with Gasteiger partial charge in [0.15, 0.2) is 5.76 Å². The Morgan fingerprint density at radius 1 is 1.52 bits per heavy atom. The molecular formula is C16H24N2O4S. The smallest absolute Gasteiger partial charge is 0.286 e. The normalized spacial score (nSPS) is 21.5. The second kappa shape index (κ2) is 8.40. The third-order valence-electron chi connectivity index (χ3n) is 3.88. The summed E-state index contributed by atoms with van der Waals surface area (Å²) in [5.41, 5.74) is 0. The number of likely N-dealkylation sites (tertiary alicyclic amines) is 1. The number of thioether (sulfide) groups is 1. The molecule has 1 fully saturated rings. The standard InChI is InChI=1S/C16H24N2O4S/c1-11(2)23-10-15(20)18-6-5-12(13(19)9-18)8-17-16(21)14-4-3-7-22-14/h3-4,7,11-13,19H,5-6,8-10H2,1-2H3,(H,17,21)/t12-,13+/m0/s1. The highest BCUT2D eigenvalue weighted by Gasteiger charge is 2.30. The third-order valence-corrected chi connectivity index (χ3v) is 4.96. The van der Waals surface area contributed by atoms with Gasteiger partial charge in [-0.05, 0) is 23.8 Å². The molecule has 1 aromatic heterocycles. The molecule has 7 heteroatoms. The number of hydrogen-bond acceptors (Lipinski definition) is 5. The summed E-state index contributed by atoms with van der Waals surface area (Å²) in [4.78, 5) is 25.6. The number of amides is 2. The van der Waals surface area contributed by atoms with E-state index in [4.69, 9.17) is 4.42 Å². The predicted molar refractivity (Wildman–Crippen MR) is 89.3 cm³/mol. The van der Waals surface area contributed by atoms with Crippen LogP contribution in [0.15, 0.2) is 22.8 Å². The second-order valence-electron chi connectivity index (χ2n) is 6.00. The van der Waals surface area contributed by atoms with Gasteiger partial charge in [-0.1, -0.05) is 13.8 Å². The number of aliphatic hydroxyl groups excluding tert-OH is 1. The number of β-amino-alcohol motifs (C(OH)–C–C–N with tert-alkyl or cyclic N) is 1. The number of aliphatic hydroxyl groups is 1. The molecule has 6 nitrogen and oxygen atoms in total. The van der Waals surface area contributed by atoms with E-state index in [-0.39, 0.29) is 23.5 Å². The maximum atomic E-state index is 12.1. The molecule has 2 amide bonds. The van der Waals surface area contributed by atoms with E-state index in [0.717, 1.165) is 0 Å². The summed E-state index contributed by atoms with van der Waals surface area (Å²) in [6.45, 7) is 5.44. The number of rotatable bonds is 6. The van der Waals surface area contributed by atoms with Gasteiger partial charge in [0.25, 0.3) is 5.91 Å². The Morgan fingerprint density at radius 2 is 2.30 bits per heavy atom. The highest BCUT2D eigenvalue weighted by molar-refractivity contribution is 8.00. The summed E-state index contributed by atoms with van der Waals surface area (Å²) in [6.07, 6.45) is 1.51. The largest absolute Gasteiger partial charge is 0.459 e. The van der Waals surface area contributed by atoms with Crippen LogP contribution in [-0.4, -0.2) is 58.6 Å². The SMILES string of the molecule is CC(C)SCC(=O)N1CC[C@@H](CNC(=O)c2ccco2)[C@H](O)C1. The number of nitrogens with zero attached hydrogens (tertiary/aromatic N) is 1. The van der Waals surface area contributed by atoms with E-state index in [2.05, 4.69) is 19.2 Å². The minimum absolute atomic E-state index is 0.0456. The highest BCUT2D eigenvalue weighted by atomic mass is 32.2. The zero-order chi connectivity index (χ0) is 16.8. The Bertz CT molecular complexity index is 518. The fraction of sp³-hybridized carbons (Fsp3) is 0.625. The van der Waals surface area contributed by atoms with E-state index in [1.807, 2.05) is 0 Å². The quantitative estimate of drug-likeness (QED) is 0.817. The third kappa shape index (κ3) is 5.28. The van der Waals surface area contributed by atoms with Gasteiger partial charge in [-0.2, -0.15) is 0 Å². The molecule has 2 rings (SSSR count). The van der Waals surface area contributed by atoms with Crippen LogP contribution in [0.1, 0.15) is 30.8 Å². The number of carbonyl (C=O) groups is 2. The first-order valence-electron chi connectivity index (χ1n) is 7.86. The van der Waals surface area contributed by atoms with Crippen LogP contribution in [0.2, 0.25) is 0 Å². The summed E-state index contributed by atoms with van der Waals surface area (Å²) >= 11 is 1.61. The van der Waals surface area contributed by atoms with Crippen LogP contribution in [0.3, 0.4) is 0 Å². The van der Waals surface area contributed by atoms with Crippen LogP contribution in [0.4, 0.5) is 0 Å². The molecule has 0 spiro atoms. The molecule has 2 heterocycles. The lowest BCUT2D eigenvalue weighted by Crippen LogP contribution is -2.50. The van der Waals surface area contributed by atoms with Gasteiger partial charge in [-0.25, -0.2) is 0 Å². The van der Waals surface area contributed by atoms with Crippen molar-refractivity contribution in [2.24, 2.45) is 5.92 Å². The number of furan rings is 1. The summed E-state index contributed by atoms with van der Waals surface area (Å²) < 4.78 is 5.03. The van der Waals surface area contributed by atoms with E-state index in [1.165, 1.54) is 6.26 Å². The monoisotopic (exact) mass is 340 g/mol. The molecule has 0 unspecified atom stereocenters. The van der Waals surface area contributed by atoms with E-state index in [1.54, 1.807) is 28.8 Å². The van der Waals surface area contributed by atoms with Gasteiger partial charge < -0.3 is 19.7 Å². The fourth-order valence-electron chi connectivity index (χ4n) is 2.49. The van der Waals surface area contributed by atoms with E-state index < -0.39 is 6.10 Å². The van der Waals surface area contributed by atoms with E-state index in [0.29, 0.717) is 37.1 Å². The Balaban J connectivity index is 1.75. The molecular weight excluding hydrogens is 316 g/mol. The van der Waals surface area contributed by atoms with Crippen molar-refractivity contribution in [3.8, 4) is 0 Å². The van der Waals surface area contributed by atoms with Crippen molar-refractivity contribution in [2.75, 3.05) is 25.4 Å². The maximum Gasteiger partial charge on any atom is 0.286 e. The first-order chi connectivity index (χ1) is 11.0. The first kappa shape index (κ1) is 17.9. The zero-order valence-electron chi connectivity index (χ0n) is 13.5. The van der Waals surface area contributed by atoms with Crippen LogP contribution < -0.4 is 5.32 Å². The van der Waals surface area contributed by atoms with E-state index >= 15 is 0 Å². The molecule has 2 atom stereocenters. The molecule has 1 saturated heterocycles.